The number of anilines is 1. The molecular formula is C26H35N3O4S. The fourth-order valence-electron chi connectivity index (χ4n) is 4.40. The van der Waals surface area contributed by atoms with E-state index in [0.717, 1.165) is 47.4 Å². The quantitative estimate of drug-likeness (QED) is 0.560. The van der Waals surface area contributed by atoms with E-state index in [4.69, 9.17) is 0 Å². The molecule has 2 amide bonds. The van der Waals surface area contributed by atoms with E-state index in [0.29, 0.717) is 18.7 Å². The number of carbonyl (C=O) groups excluding carboxylic acids is 2. The number of nitrogens with one attached hydrogen (secondary N) is 1. The summed E-state index contributed by atoms with van der Waals surface area (Å²) in [7, 11) is -3.72. The van der Waals surface area contributed by atoms with Gasteiger partial charge in [0.15, 0.2) is 0 Å². The molecule has 2 aromatic carbocycles. The molecule has 7 nitrogen and oxygen atoms in total. The molecule has 1 saturated carbocycles. The maximum Gasteiger partial charge on any atom is 0.244 e. The Morgan fingerprint density at radius 3 is 2.26 bits per heavy atom. The second-order valence-electron chi connectivity index (χ2n) is 9.04. The molecule has 3 rings (SSSR count). The summed E-state index contributed by atoms with van der Waals surface area (Å²) in [6, 6.07) is 16.2. The molecule has 8 heteroatoms. The number of hydrogen-bond acceptors (Lipinski definition) is 4. The van der Waals surface area contributed by atoms with Gasteiger partial charge in [-0.1, -0.05) is 61.4 Å². The number of nitrogens with zero attached hydrogens (tertiary/aromatic N) is 2. The molecule has 0 saturated heterocycles. The smallest absolute Gasteiger partial charge is 0.244 e. The third kappa shape index (κ3) is 6.82. The van der Waals surface area contributed by atoms with Crippen LogP contribution in [0.5, 0.6) is 0 Å². The molecule has 1 fully saturated rings. The van der Waals surface area contributed by atoms with Crippen molar-refractivity contribution in [3.05, 3.63) is 65.7 Å². The van der Waals surface area contributed by atoms with E-state index in [2.05, 4.69) is 5.32 Å². The Hall–Kier alpha value is -2.87. The normalized spacial score (nSPS) is 15.0. The van der Waals surface area contributed by atoms with E-state index in [1.807, 2.05) is 49.4 Å². The highest BCUT2D eigenvalue weighted by Gasteiger charge is 2.31. The predicted molar refractivity (Wildman–Crippen MR) is 135 cm³/mol. The van der Waals surface area contributed by atoms with Gasteiger partial charge in [-0.2, -0.15) is 0 Å². The van der Waals surface area contributed by atoms with Gasteiger partial charge in [0.05, 0.1) is 11.9 Å². The standard InChI is InChI=1S/C26H35N3O4S/c1-20-11-7-10-16-24(20)29(34(3,32)33)19-25(30)28(18-17-22-12-5-4-6-13-22)21(2)26(31)27-23-14-8-9-15-23/h4-7,10-13,16,21,23H,8-9,14-15,17-19H2,1-3H3,(H,27,31)/t21-/m1/s1. The third-order valence-electron chi connectivity index (χ3n) is 6.42. The largest absolute Gasteiger partial charge is 0.352 e. The lowest BCUT2D eigenvalue weighted by Gasteiger charge is -2.32. The van der Waals surface area contributed by atoms with Gasteiger partial charge in [0, 0.05) is 12.6 Å². The van der Waals surface area contributed by atoms with Crippen LogP contribution in [0.25, 0.3) is 0 Å². The van der Waals surface area contributed by atoms with E-state index in [1.54, 1.807) is 19.1 Å². The molecule has 0 bridgehead atoms. The first-order valence-corrected chi connectivity index (χ1v) is 13.7. The average Bonchev–Trinajstić information content (AvgIpc) is 3.31. The fourth-order valence-corrected chi connectivity index (χ4v) is 5.31. The molecule has 0 aliphatic heterocycles. The first-order chi connectivity index (χ1) is 16.2. The highest BCUT2D eigenvalue weighted by molar-refractivity contribution is 7.92. The van der Waals surface area contributed by atoms with Crippen LogP contribution in [0.3, 0.4) is 0 Å². The summed E-state index contributed by atoms with van der Waals surface area (Å²) in [5.41, 5.74) is 2.26. The van der Waals surface area contributed by atoms with E-state index in [1.165, 1.54) is 4.90 Å². The van der Waals surface area contributed by atoms with E-state index in [9.17, 15) is 18.0 Å². The Bertz CT molecular complexity index is 1080. The Morgan fingerprint density at radius 2 is 1.65 bits per heavy atom. The summed E-state index contributed by atoms with van der Waals surface area (Å²) >= 11 is 0. The van der Waals surface area contributed by atoms with Gasteiger partial charge in [-0.15, -0.1) is 0 Å². The highest BCUT2D eigenvalue weighted by atomic mass is 32.2. The molecule has 1 N–H and O–H groups in total. The molecule has 1 atom stereocenters. The molecule has 184 valence electrons. The first kappa shape index (κ1) is 25.7. The summed E-state index contributed by atoms with van der Waals surface area (Å²) < 4.78 is 26.4. The molecule has 1 aliphatic rings. The van der Waals surface area contributed by atoms with Crippen LogP contribution in [-0.4, -0.2) is 56.6 Å². The van der Waals surface area contributed by atoms with E-state index < -0.39 is 22.0 Å². The van der Waals surface area contributed by atoms with Gasteiger partial charge >= 0.3 is 0 Å². The highest BCUT2D eigenvalue weighted by Crippen LogP contribution is 2.23. The lowest BCUT2D eigenvalue weighted by atomic mass is 10.1. The van der Waals surface area contributed by atoms with Gasteiger partial charge < -0.3 is 10.2 Å². The zero-order valence-corrected chi connectivity index (χ0v) is 21.1. The van der Waals surface area contributed by atoms with Gasteiger partial charge in [0.1, 0.15) is 12.6 Å². The average molecular weight is 486 g/mol. The van der Waals surface area contributed by atoms with Crippen molar-refractivity contribution in [3.8, 4) is 0 Å². The van der Waals surface area contributed by atoms with Crippen LogP contribution in [0, 0.1) is 6.92 Å². The number of rotatable bonds is 10. The zero-order chi connectivity index (χ0) is 24.7. The van der Waals surface area contributed by atoms with Crippen molar-refractivity contribution in [1.29, 1.82) is 0 Å². The number of benzene rings is 2. The number of amides is 2. The van der Waals surface area contributed by atoms with Gasteiger partial charge in [-0.05, 0) is 50.3 Å². The Morgan fingerprint density at radius 1 is 1.03 bits per heavy atom. The first-order valence-electron chi connectivity index (χ1n) is 11.8. The van der Waals surface area contributed by atoms with E-state index >= 15 is 0 Å². The van der Waals surface area contributed by atoms with E-state index in [-0.39, 0.29) is 18.5 Å². The Labute approximate surface area is 203 Å². The number of para-hydroxylation sites is 1. The summed E-state index contributed by atoms with van der Waals surface area (Å²) in [4.78, 5) is 28.1. The second kappa shape index (κ2) is 11.5. The second-order valence-corrected chi connectivity index (χ2v) is 11.0. The van der Waals surface area contributed by atoms with Gasteiger partial charge in [0.2, 0.25) is 21.8 Å². The Kier molecular flexibility index (Phi) is 8.72. The molecule has 0 radical (unpaired) electrons. The van der Waals surface area contributed by atoms with Crippen LogP contribution in [0.1, 0.15) is 43.7 Å². The lowest BCUT2D eigenvalue weighted by Crippen LogP contribution is -2.53. The van der Waals surface area contributed by atoms with Crippen LogP contribution in [0.2, 0.25) is 0 Å². The minimum atomic E-state index is -3.72. The number of carbonyl (C=O) groups is 2. The monoisotopic (exact) mass is 485 g/mol. The molecule has 0 aromatic heterocycles. The van der Waals surface area contributed by atoms with Crippen molar-refractivity contribution in [3.63, 3.8) is 0 Å². The maximum atomic E-state index is 13.5. The molecule has 34 heavy (non-hydrogen) atoms. The third-order valence-corrected chi connectivity index (χ3v) is 7.54. The predicted octanol–water partition coefficient (Wildman–Crippen LogP) is 3.28. The maximum absolute atomic E-state index is 13.5. The topological polar surface area (TPSA) is 86.8 Å². The van der Waals surface area contributed by atoms with Crippen molar-refractivity contribution in [2.45, 2.75) is 58.0 Å². The SMILES string of the molecule is Cc1ccccc1N(CC(=O)N(CCc1ccccc1)[C@H](C)C(=O)NC1CCCC1)S(C)(=O)=O. The van der Waals surface area contributed by atoms with Gasteiger partial charge in [-0.3, -0.25) is 13.9 Å². The minimum absolute atomic E-state index is 0.139. The van der Waals surface area contributed by atoms with Crippen molar-refractivity contribution in [2.24, 2.45) is 0 Å². The van der Waals surface area contributed by atoms with Gasteiger partial charge in [-0.25, -0.2) is 8.42 Å². The molecule has 2 aromatic rings. The molecule has 1 aliphatic carbocycles. The summed E-state index contributed by atoms with van der Waals surface area (Å²) in [5.74, 6) is -0.603. The Balaban J connectivity index is 1.82. The zero-order valence-electron chi connectivity index (χ0n) is 20.2. The van der Waals surface area contributed by atoms with Crippen LogP contribution in [0.4, 0.5) is 5.69 Å². The van der Waals surface area contributed by atoms with Crippen LogP contribution in [0.15, 0.2) is 54.6 Å². The van der Waals surface area contributed by atoms with Crippen molar-refractivity contribution >= 4 is 27.5 Å². The fraction of sp³-hybridized carbons (Fsp3) is 0.462. The van der Waals surface area contributed by atoms with Crippen molar-refractivity contribution < 1.29 is 18.0 Å². The molecule has 0 spiro atoms. The van der Waals surface area contributed by atoms with Crippen molar-refractivity contribution in [2.75, 3.05) is 23.7 Å². The molecule has 0 unspecified atom stereocenters. The molecule has 0 heterocycles. The summed E-state index contributed by atoms with van der Waals surface area (Å²) in [5, 5.41) is 3.07. The lowest BCUT2D eigenvalue weighted by molar-refractivity contribution is -0.139. The molecular weight excluding hydrogens is 450 g/mol. The van der Waals surface area contributed by atoms with Crippen LogP contribution < -0.4 is 9.62 Å². The minimum Gasteiger partial charge on any atom is -0.352 e. The summed E-state index contributed by atoms with van der Waals surface area (Å²) in [6.07, 6.45) is 5.75. The van der Waals surface area contributed by atoms with Crippen LogP contribution in [-0.2, 0) is 26.0 Å². The van der Waals surface area contributed by atoms with Crippen LogP contribution >= 0.6 is 0 Å². The number of sulfonamides is 1. The van der Waals surface area contributed by atoms with Gasteiger partial charge in [0.25, 0.3) is 0 Å². The number of aryl methyl sites for hydroxylation is 1. The summed E-state index contributed by atoms with van der Waals surface area (Å²) in [6.45, 7) is 3.47. The van der Waals surface area contributed by atoms with Crippen molar-refractivity contribution in [1.82, 2.24) is 10.2 Å². The number of hydrogen-bond donors (Lipinski definition) is 1.